The number of hydrogen-bond acceptors (Lipinski definition) is 4. The van der Waals surface area contributed by atoms with Crippen molar-refractivity contribution in [2.24, 2.45) is 0 Å². The second-order valence-corrected chi connectivity index (χ2v) is 5.27. The number of nitrogens with zero attached hydrogens (tertiary/aromatic N) is 3. The van der Waals surface area contributed by atoms with Crippen LogP contribution >= 0.6 is 0 Å². The molecule has 1 atom stereocenters. The molecule has 2 aromatic rings. The summed E-state index contributed by atoms with van der Waals surface area (Å²) >= 11 is 0. The number of amides is 1. The van der Waals surface area contributed by atoms with Gasteiger partial charge >= 0.3 is 0 Å². The summed E-state index contributed by atoms with van der Waals surface area (Å²) < 4.78 is 6.64. The summed E-state index contributed by atoms with van der Waals surface area (Å²) in [5.41, 5.74) is 2.67. The molecule has 1 unspecified atom stereocenters. The molecule has 0 aliphatic rings. The molecule has 6 heteroatoms. The van der Waals surface area contributed by atoms with Crippen LogP contribution in [0.5, 0.6) is 0 Å². The van der Waals surface area contributed by atoms with Gasteiger partial charge in [-0.1, -0.05) is 35.0 Å². The fourth-order valence-electron chi connectivity index (χ4n) is 2.08. The molecule has 0 bridgehead atoms. The minimum Gasteiger partial charge on any atom is -0.385 e. The Morgan fingerprint density at radius 1 is 1.36 bits per heavy atom. The molecule has 1 N–H and O–H groups in total. The van der Waals surface area contributed by atoms with Gasteiger partial charge in [-0.05, 0) is 25.8 Å². The van der Waals surface area contributed by atoms with E-state index < -0.39 is 0 Å². The van der Waals surface area contributed by atoms with Crippen LogP contribution in [0.1, 0.15) is 41.0 Å². The maximum atomic E-state index is 12.0. The van der Waals surface area contributed by atoms with Crippen molar-refractivity contribution in [1.29, 1.82) is 0 Å². The average molecular weight is 302 g/mol. The van der Waals surface area contributed by atoms with E-state index in [1.807, 2.05) is 6.92 Å². The average Bonchev–Trinajstić information content (AvgIpc) is 3.01. The first kappa shape index (κ1) is 16.2. The summed E-state index contributed by atoms with van der Waals surface area (Å²) in [5, 5.41) is 10.8. The van der Waals surface area contributed by atoms with Crippen molar-refractivity contribution in [2.45, 2.75) is 26.3 Å². The van der Waals surface area contributed by atoms with Gasteiger partial charge in [-0.2, -0.15) is 0 Å². The van der Waals surface area contributed by atoms with Gasteiger partial charge in [0.15, 0.2) is 5.69 Å². The van der Waals surface area contributed by atoms with Gasteiger partial charge in [0, 0.05) is 20.3 Å². The van der Waals surface area contributed by atoms with E-state index in [-0.39, 0.29) is 11.9 Å². The van der Waals surface area contributed by atoms with E-state index in [1.54, 1.807) is 18.0 Å². The third-order valence-electron chi connectivity index (χ3n) is 3.51. The Morgan fingerprint density at radius 3 is 2.77 bits per heavy atom. The summed E-state index contributed by atoms with van der Waals surface area (Å²) in [7, 11) is 1.64. The molecule has 0 saturated carbocycles. The lowest BCUT2D eigenvalue weighted by Crippen LogP contribution is -2.25. The van der Waals surface area contributed by atoms with E-state index in [2.05, 4.69) is 46.8 Å². The molecular formula is C16H22N4O2. The van der Waals surface area contributed by atoms with Gasteiger partial charge in [-0.15, -0.1) is 5.10 Å². The van der Waals surface area contributed by atoms with Gasteiger partial charge in [0.2, 0.25) is 0 Å². The van der Waals surface area contributed by atoms with Gasteiger partial charge < -0.3 is 10.1 Å². The Labute approximate surface area is 130 Å². The Kier molecular flexibility index (Phi) is 5.66. The third kappa shape index (κ3) is 4.14. The van der Waals surface area contributed by atoms with Gasteiger partial charge in [-0.25, -0.2) is 4.68 Å². The lowest BCUT2D eigenvalue weighted by Gasteiger charge is -2.11. The molecule has 1 heterocycles. The SMILES string of the molecule is COCCCNC(=O)c1cn(C(C)c2ccc(C)cc2)nn1. The summed E-state index contributed by atoms with van der Waals surface area (Å²) in [6.07, 6.45) is 2.45. The number of carbonyl (C=O) groups is 1. The van der Waals surface area contributed by atoms with Crippen LogP contribution in [0, 0.1) is 6.92 Å². The fraction of sp³-hybridized carbons (Fsp3) is 0.438. The third-order valence-corrected chi connectivity index (χ3v) is 3.51. The quantitative estimate of drug-likeness (QED) is 0.794. The van der Waals surface area contributed by atoms with Crippen LogP contribution in [0.3, 0.4) is 0 Å². The highest BCUT2D eigenvalue weighted by molar-refractivity contribution is 5.91. The van der Waals surface area contributed by atoms with Gasteiger partial charge in [-0.3, -0.25) is 4.79 Å². The molecule has 0 radical (unpaired) electrons. The smallest absolute Gasteiger partial charge is 0.273 e. The van der Waals surface area contributed by atoms with Crippen molar-refractivity contribution in [1.82, 2.24) is 20.3 Å². The normalized spacial score (nSPS) is 12.1. The van der Waals surface area contributed by atoms with Crippen molar-refractivity contribution < 1.29 is 9.53 Å². The molecule has 1 aromatic heterocycles. The Balaban J connectivity index is 1.98. The van der Waals surface area contributed by atoms with Crippen molar-refractivity contribution in [3.05, 3.63) is 47.3 Å². The van der Waals surface area contributed by atoms with Crippen LogP contribution in [0.2, 0.25) is 0 Å². The number of benzene rings is 1. The highest BCUT2D eigenvalue weighted by atomic mass is 16.5. The molecule has 118 valence electrons. The van der Waals surface area contributed by atoms with E-state index in [0.717, 1.165) is 12.0 Å². The highest BCUT2D eigenvalue weighted by Crippen LogP contribution is 2.17. The Bertz CT molecular complexity index is 607. The number of aromatic nitrogens is 3. The highest BCUT2D eigenvalue weighted by Gasteiger charge is 2.14. The van der Waals surface area contributed by atoms with Crippen LogP contribution in [0.4, 0.5) is 0 Å². The second kappa shape index (κ2) is 7.70. The zero-order valence-electron chi connectivity index (χ0n) is 13.2. The summed E-state index contributed by atoms with van der Waals surface area (Å²) in [6, 6.07) is 8.28. The monoisotopic (exact) mass is 302 g/mol. The number of rotatable bonds is 7. The van der Waals surface area contributed by atoms with E-state index >= 15 is 0 Å². The number of hydrogen-bond donors (Lipinski definition) is 1. The molecule has 0 fully saturated rings. The van der Waals surface area contributed by atoms with E-state index in [9.17, 15) is 4.79 Å². The minimum atomic E-state index is -0.210. The second-order valence-electron chi connectivity index (χ2n) is 5.27. The zero-order chi connectivity index (χ0) is 15.9. The van der Waals surface area contributed by atoms with E-state index in [1.165, 1.54) is 5.56 Å². The molecule has 0 spiro atoms. The molecule has 0 aliphatic heterocycles. The van der Waals surface area contributed by atoms with Crippen LogP contribution in [0.15, 0.2) is 30.5 Å². The van der Waals surface area contributed by atoms with E-state index in [4.69, 9.17) is 4.74 Å². The topological polar surface area (TPSA) is 69.0 Å². The molecular weight excluding hydrogens is 280 g/mol. The number of aryl methyl sites for hydroxylation is 1. The number of carbonyl (C=O) groups excluding carboxylic acids is 1. The molecule has 2 rings (SSSR count). The van der Waals surface area contributed by atoms with E-state index in [0.29, 0.717) is 18.8 Å². The van der Waals surface area contributed by atoms with Crippen molar-refractivity contribution in [3.63, 3.8) is 0 Å². The van der Waals surface area contributed by atoms with Gasteiger partial charge in [0.1, 0.15) is 0 Å². The molecule has 6 nitrogen and oxygen atoms in total. The fourth-order valence-corrected chi connectivity index (χ4v) is 2.08. The number of nitrogens with one attached hydrogen (secondary N) is 1. The minimum absolute atomic E-state index is 0.0307. The molecule has 22 heavy (non-hydrogen) atoms. The van der Waals surface area contributed by atoms with Crippen molar-refractivity contribution >= 4 is 5.91 Å². The summed E-state index contributed by atoms with van der Waals surface area (Å²) in [6.45, 7) is 5.26. The molecule has 1 amide bonds. The van der Waals surface area contributed by atoms with Crippen LogP contribution < -0.4 is 5.32 Å². The Hall–Kier alpha value is -2.21. The molecule has 1 aromatic carbocycles. The predicted molar refractivity (Wildman–Crippen MR) is 83.8 cm³/mol. The van der Waals surface area contributed by atoms with Crippen LogP contribution in [0.25, 0.3) is 0 Å². The van der Waals surface area contributed by atoms with Crippen molar-refractivity contribution in [2.75, 3.05) is 20.3 Å². The molecule has 0 aliphatic carbocycles. The largest absolute Gasteiger partial charge is 0.385 e. The van der Waals surface area contributed by atoms with Gasteiger partial charge in [0.25, 0.3) is 5.91 Å². The van der Waals surface area contributed by atoms with Crippen molar-refractivity contribution in [3.8, 4) is 0 Å². The van der Waals surface area contributed by atoms with Crippen LogP contribution in [-0.4, -0.2) is 41.2 Å². The summed E-state index contributed by atoms with van der Waals surface area (Å²) in [5.74, 6) is -0.210. The first-order chi connectivity index (χ1) is 10.6. The standard InChI is InChI=1S/C16H22N4O2/c1-12-5-7-14(8-6-12)13(2)20-11-15(18-19-20)16(21)17-9-4-10-22-3/h5-8,11,13H,4,9-10H2,1-3H3,(H,17,21). The van der Waals surface area contributed by atoms with Gasteiger partial charge in [0.05, 0.1) is 12.2 Å². The summed E-state index contributed by atoms with van der Waals surface area (Å²) in [4.78, 5) is 12.0. The maximum Gasteiger partial charge on any atom is 0.273 e. The number of methoxy groups -OCH3 is 1. The van der Waals surface area contributed by atoms with Crippen LogP contribution in [-0.2, 0) is 4.74 Å². The lowest BCUT2D eigenvalue weighted by molar-refractivity contribution is 0.0943. The Morgan fingerprint density at radius 2 is 2.09 bits per heavy atom. The first-order valence-electron chi connectivity index (χ1n) is 7.37. The number of ether oxygens (including phenoxy) is 1. The lowest BCUT2D eigenvalue weighted by atomic mass is 10.1. The molecule has 0 saturated heterocycles. The first-order valence-corrected chi connectivity index (χ1v) is 7.37. The zero-order valence-corrected chi connectivity index (χ0v) is 13.2. The maximum absolute atomic E-state index is 12.0. The predicted octanol–water partition coefficient (Wildman–Crippen LogP) is 1.96.